The molecule has 4 aliphatic heterocycles. The summed E-state index contributed by atoms with van der Waals surface area (Å²) >= 11 is 1.96. The molecule has 10 heteroatoms. The van der Waals surface area contributed by atoms with Crippen LogP contribution < -0.4 is 10.6 Å². The molecule has 226 valence electrons. The third-order valence-electron chi connectivity index (χ3n) is 11.2. The summed E-state index contributed by atoms with van der Waals surface area (Å²) in [5, 5.41) is 16.9. The smallest absolute Gasteiger partial charge is 0.246 e. The molecule has 0 aromatic carbocycles. The lowest BCUT2D eigenvalue weighted by molar-refractivity contribution is -0.145. The van der Waals surface area contributed by atoms with Gasteiger partial charge in [-0.25, -0.2) is 0 Å². The second-order valence-corrected chi connectivity index (χ2v) is 14.8. The van der Waals surface area contributed by atoms with Gasteiger partial charge in [0.25, 0.3) is 0 Å². The van der Waals surface area contributed by atoms with Crippen LogP contribution in [0.4, 0.5) is 0 Å². The number of nitrogens with one attached hydrogen (secondary N) is 2. The van der Waals surface area contributed by atoms with Crippen molar-refractivity contribution >= 4 is 23.5 Å². The van der Waals surface area contributed by atoms with Crippen molar-refractivity contribution in [3.05, 3.63) is 12.7 Å². The van der Waals surface area contributed by atoms with Crippen LogP contribution in [0.25, 0.3) is 0 Å². The number of ketones is 1. The summed E-state index contributed by atoms with van der Waals surface area (Å²) in [4.78, 5) is 33.6. The number of hydrogen-bond donors (Lipinski definition) is 2. The molecule has 1 spiro atoms. The first-order valence-corrected chi connectivity index (χ1v) is 17.0. The fourth-order valence-corrected chi connectivity index (χ4v) is 10.6. The van der Waals surface area contributed by atoms with E-state index in [1.165, 1.54) is 38.2 Å². The summed E-state index contributed by atoms with van der Waals surface area (Å²) in [6, 6.07) is 2.24. The molecule has 2 aliphatic carbocycles. The van der Waals surface area contributed by atoms with Gasteiger partial charge in [-0.3, -0.25) is 25.1 Å². The minimum atomic E-state index is -0.410. The van der Waals surface area contributed by atoms with Crippen molar-refractivity contribution in [2.24, 2.45) is 17.8 Å². The number of hydrogen-bond acceptors (Lipinski definition) is 9. The lowest BCUT2D eigenvalue weighted by Gasteiger charge is -2.56. The van der Waals surface area contributed by atoms with Gasteiger partial charge in [-0.15, -0.1) is 11.8 Å². The number of thioether (sulfide) groups is 1. The van der Waals surface area contributed by atoms with E-state index < -0.39 is 6.35 Å². The Labute approximate surface area is 249 Å². The predicted octanol–water partition coefficient (Wildman–Crippen LogP) is 2.54. The van der Waals surface area contributed by atoms with Crippen LogP contribution >= 0.6 is 11.8 Å². The molecule has 0 aromatic heterocycles. The summed E-state index contributed by atoms with van der Waals surface area (Å²) in [5.41, 5.74) is 0. The third-order valence-corrected chi connectivity index (χ3v) is 12.9. The number of rotatable bonds is 6. The van der Waals surface area contributed by atoms with Crippen LogP contribution in [0.2, 0.25) is 0 Å². The fraction of sp³-hybridized carbons (Fsp3) is 0.839. The molecule has 9 atom stereocenters. The van der Waals surface area contributed by atoms with Gasteiger partial charge in [0.15, 0.2) is 12.1 Å². The van der Waals surface area contributed by atoms with E-state index in [9.17, 15) is 14.9 Å². The Kier molecular flexibility index (Phi) is 9.12. The van der Waals surface area contributed by atoms with E-state index in [1.807, 2.05) is 11.8 Å². The largest absolute Gasteiger partial charge is 0.348 e. The van der Waals surface area contributed by atoms with Crippen molar-refractivity contribution in [2.45, 2.75) is 99.6 Å². The molecule has 0 aromatic rings. The van der Waals surface area contributed by atoms with Gasteiger partial charge in [0.2, 0.25) is 5.91 Å². The molecule has 9 nitrogen and oxygen atoms in total. The minimum Gasteiger partial charge on any atom is -0.348 e. The van der Waals surface area contributed by atoms with E-state index in [4.69, 9.17) is 4.74 Å². The molecule has 0 radical (unpaired) electrons. The first-order chi connectivity index (χ1) is 19.9. The lowest BCUT2D eigenvalue weighted by Crippen LogP contribution is -2.75. The first kappa shape index (κ1) is 29.6. The molecule has 4 saturated heterocycles. The topological polar surface area (TPSA) is 101 Å². The molecular weight excluding hydrogens is 536 g/mol. The van der Waals surface area contributed by atoms with Crippen molar-refractivity contribution in [3.63, 3.8) is 0 Å². The maximum atomic E-state index is 14.5. The minimum absolute atomic E-state index is 0.0490. The highest BCUT2D eigenvalue weighted by Gasteiger charge is 2.57. The van der Waals surface area contributed by atoms with Gasteiger partial charge in [-0.05, 0) is 75.8 Å². The zero-order chi connectivity index (χ0) is 28.6. The standard InChI is InChI=1S/C31H48N6O3S/c1-3-26(38)37-16-15-36(18-23(37)11-13-32)29-25-10-12-31(17-21-7-4-5-8-22(21)20-41-31)28(39)27(25)33-30(34-29)40-19-24-9-6-14-35(24)2/h3,21-25,27,29-30,33-34H,1,4-12,14-20H2,2H3/t21?,22?,23?,24?,25?,27?,29?,30?,31-/m0/s1. The molecule has 2 N–H and O–H groups in total. The van der Waals surface area contributed by atoms with Crippen LogP contribution in [0, 0.1) is 29.1 Å². The number of likely N-dealkylation sites (tertiary alicyclic amines) is 1. The summed E-state index contributed by atoms with van der Waals surface area (Å²) in [6.45, 7) is 7.24. The van der Waals surface area contributed by atoms with Crippen molar-refractivity contribution in [1.29, 1.82) is 5.26 Å². The number of nitriles is 1. The normalized spacial score (nSPS) is 42.0. The molecule has 6 aliphatic rings. The number of carbonyl (C=O) groups is 2. The lowest BCUT2D eigenvalue weighted by atomic mass is 9.67. The van der Waals surface area contributed by atoms with Crippen LogP contribution in [-0.4, -0.2) is 107 Å². The number of carbonyl (C=O) groups excluding carboxylic acids is 2. The maximum Gasteiger partial charge on any atom is 0.246 e. The van der Waals surface area contributed by atoms with Crippen LogP contribution in [-0.2, 0) is 14.3 Å². The van der Waals surface area contributed by atoms with Gasteiger partial charge in [0, 0.05) is 31.6 Å². The van der Waals surface area contributed by atoms with E-state index >= 15 is 0 Å². The maximum absolute atomic E-state index is 14.5. The highest BCUT2D eigenvalue weighted by atomic mass is 32.2. The van der Waals surface area contributed by atoms with Crippen LogP contribution in [0.1, 0.15) is 64.2 Å². The Morgan fingerprint density at radius 2 is 1.98 bits per heavy atom. The Bertz CT molecular complexity index is 1040. The van der Waals surface area contributed by atoms with Gasteiger partial charge in [-0.2, -0.15) is 5.26 Å². The Balaban J connectivity index is 1.22. The van der Waals surface area contributed by atoms with Gasteiger partial charge in [0.1, 0.15) is 0 Å². The Hall–Kier alpha value is -1.48. The van der Waals surface area contributed by atoms with Gasteiger partial charge >= 0.3 is 0 Å². The molecule has 1 amide bonds. The summed E-state index contributed by atoms with van der Waals surface area (Å²) in [7, 11) is 2.16. The Morgan fingerprint density at radius 1 is 1.15 bits per heavy atom. The van der Waals surface area contributed by atoms with Crippen molar-refractivity contribution in [2.75, 3.05) is 45.6 Å². The van der Waals surface area contributed by atoms with E-state index in [2.05, 4.69) is 40.1 Å². The SMILES string of the molecule is C=CC(=O)N1CCN(C2NC(OCC3CCCN3C)NC3C(=O)[C@]4(CCC32)CC2CCCCC2CS4)CC1CC#N. The van der Waals surface area contributed by atoms with Crippen molar-refractivity contribution in [1.82, 2.24) is 25.3 Å². The fourth-order valence-electron chi connectivity index (χ4n) is 8.75. The second-order valence-electron chi connectivity index (χ2n) is 13.4. The van der Waals surface area contributed by atoms with Gasteiger partial charge in [-0.1, -0.05) is 25.8 Å². The van der Waals surface area contributed by atoms with Crippen molar-refractivity contribution in [3.8, 4) is 6.07 Å². The predicted molar refractivity (Wildman–Crippen MR) is 160 cm³/mol. The average molecular weight is 585 g/mol. The van der Waals surface area contributed by atoms with Crippen LogP contribution in [0.3, 0.4) is 0 Å². The zero-order valence-corrected chi connectivity index (χ0v) is 25.5. The molecule has 2 saturated carbocycles. The monoisotopic (exact) mass is 584 g/mol. The van der Waals surface area contributed by atoms with Crippen LogP contribution in [0.15, 0.2) is 12.7 Å². The molecule has 8 unspecified atom stereocenters. The highest BCUT2D eigenvalue weighted by molar-refractivity contribution is 8.01. The Morgan fingerprint density at radius 3 is 2.73 bits per heavy atom. The van der Waals surface area contributed by atoms with E-state index in [0.717, 1.165) is 43.9 Å². The van der Waals surface area contributed by atoms with E-state index in [-0.39, 0.29) is 41.2 Å². The van der Waals surface area contributed by atoms with Crippen LogP contribution in [0.5, 0.6) is 0 Å². The van der Waals surface area contributed by atoms with Gasteiger partial charge < -0.3 is 14.5 Å². The van der Waals surface area contributed by atoms with Crippen molar-refractivity contribution < 1.29 is 14.3 Å². The summed E-state index contributed by atoms with van der Waals surface area (Å²) < 4.78 is 6.21. The van der Waals surface area contributed by atoms with E-state index in [0.29, 0.717) is 44.0 Å². The second kappa shape index (κ2) is 12.6. The number of amides is 1. The summed E-state index contributed by atoms with van der Waals surface area (Å²) in [6.07, 6.45) is 11.7. The number of ether oxygens (including phenoxy) is 1. The molecule has 4 heterocycles. The molecule has 6 fully saturated rings. The molecule has 0 bridgehead atoms. The zero-order valence-electron chi connectivity index (χ0n) is 24.6. The average Bonchev–Trinajstić information content (AvgIpc) is 3.42. The number of likely N-dealkylation sites (N-methyl/N-ethyl adjacent to an activating group) is 1. The quantitative estimate of drug-likeness (QED) is 0.456. The molecule has 6 rings (SSSR count). The highest BCUT2D eigenvalue weighted by Crippen LogP contribution is 2.53. The number of fused-ring (bicyclic) bond motifs is 2. The summed E-state index contributed by atoms with van der Waals surface area (Å²) in [5.74, 6) is 2.98. The van der Waals surface area contributed by atoms with Gasteiger partial charge in [0.05, 0.1) is 42.1 Å². The third kappa shape index (κ3) is 5.87. The number of nitrogens with zero attached hydrogens (tertiary/aromatic N) is 4. The number of piperazine rings is 1. The molecular formula is C31H48N6O3S. The first-order valence-electron chi connectivity index (χ1n) is 16.0. The number of Topliss-reactive ketones (excluding diaryl/α,β-unsaturated/α-hetero) is 1. The molecule has 41 heavy (non-hydrogen) atoms. The van der Waals surface area contributed by atoms with E-state index in [1.54, 1.807) is 4.90 Å².